The number of rotatable bonds is 1. The highest BCUT2D eigenvalue weighted by molar-refractivity contribution is 7.71. The van der Waals surface area contributed by atoms with Gasteiger partial charge in [0.25, 0.3) is 0 Å². The van der Waals surface area contributed by atoms with Crippen molar-refractivity contribution in [2.24, 2.45) is 0 Å². The first-order valence-corrected chi connectivity index (χ1v) is 4.21. The molecule has 1 radical (unpaired) electrons. The SMILES string of the molecule is N#Cc1[c]cccc1C=S(=O)=O. The summed E-state index contributed by atoms with van der Waals surface area (Å²) < 4.78 is 20.5. The Bertz CT molecular complexity index is 446. The molecule has 0 aliphatic carbocycles. The van der Waals surface area contributed by atoms with E-state index in [9.17, 15) is 8.42 Å². The van der Waals surface area contributed by atoms with E-state index in [0.717, 1.165) is 5.37 Å². The van der Waals surface area contributed by atoms with Crippen molar-refractivity contribution in [2.75, 3.05) is 0 Å². The van der Waals surface area contributed by atoms with Crippen molar-refractivity contribution in [2.45, 2.75) is 0 Å². The summed E-state index contributed by atoms with van der Waals surface area (Å²) in [6.45, 7) is 0. The lowest BCUT2D eigenvalue weighted by Crippen LogP contribution is -1.87. The molecule has 0 spiro atoms. The third-order valence-electron chi connectivity index (χ3n) is 1.22. The second-order valence-corrected chi connectivity index (χ2v) is 2.75. The molecular weight excluding hydrogens is 174 g/mol. The molecule has 0 bridgehead atoms. The summed E-state index contributed by atoms with van der Waals surface area (Å²) >= 11 is 0. The standard InChI is InChI=1S/C8H4NO2S/c9-5-7-3-1-2-4-8(7)6-12(10)11/h1-2,4,6H. The van der Waals surface area contributed by atoms with Crippen LogP contribution in [0.1, 0.15) is 11.1 Å². The second-order valence-electron chi connectivity index (χ2n) is 1.99. The van der Waals surface area contributed by atoms with E-state index in [2.05, 4.69) is 6.07 Å². The Balaban J connectivity index is 3.35. The minimum atomic E-state index is -2.27. The van der Waals surface area contributed by atoms with Crippen LogP contribution in [0.2, 0.25) is 0 Å². The molecule has 0 amide bonds. The first-order chi connectivity index (χ1) is 5.74. The van der Waals surface area contributed by atoms with Crippen molar-refractivity contribution in [1.29, 1.82) is 5.26 Å². The molecule has 1 aromatic carbocycles. The highest BCUT2D eigenvalue weighted by Crippen LogP contribution is 2.02. The van der Waals surface area contributed by atoms with Crippen LogP contribution in [0.15, 0.2) is 18.2 Å². The van der Waals surface area contributed by atoms with E-state index >= 15 is 0 Å². The fraction of sp³-hybridized carbons (Fsp3) is 0. The predicted octanol–water partition coefficient (Wildman–Crippen LogP) is 0.388. The molecule has 1 rings (SSSR count). The van der Waals surface area contributed by atoms with Crippen LogP contribution in [0.3, 0.4) is 0 Å². The molecule has 0 heterocycles. The first-order valence-electron chi connectivity index (χ1n) is 3.08. The Hall–Kier alpha value is -1.60. The molecule has 0 aliphatic heterocycles. The van der Waals surface area contributed by atoms with Crippen molar-refractivity contribution in [3.05, 3.63) is 35.4 Å². The molecular formula is C8H4NO2S. The molecule has 0 atom stereocenters. The summed E-state index contributed by atoms with van der Waals surface area (Å²) in [6.07, 6.45) is 0. The Kier molecular flexibility index (Phi) is 2.62. The number of nitriles is 1. The van der Waals surface area contributed by atoms with Crippen LogP contribution in [0.5, 0.6) is 0 Å². The maximum absolute atomic E-state index is 10.3. The van der Waals surface area contributed by atoms with E-state index in [-0.39, 0.29) is 5.56 Å². The molecule has 3 nitrogen and oxygen atoms in total. The lowest BCUT2D eigenvalue weighted by Gasteiger charge is -1.90. The molecule has 0 aliphatic rings. The van der Waals surface area contributed by atoms with E-state index in [4.69, 9.17) is 5.26 Å². The van der Waals surface area contributed by atoms with Gasteiger partial charge < -0.3 is 0 Å². The summed E-state index contributed by atoms with van der Waals surface area (Å²) in [5.74, 6) is 0. The molecule has 1 aromatic rings. The van der Waals surface area contributed by atoms with Gasteiger partial charge in [0.1, 0.15) is 6.07 Å². The summed E-state index contributed by atoms with van der Waals surface area (Å²) in [6, 6.07) is 9.20. The van der Waals surface area contributed by atoms with Crippen molar-refractivity contribution >= 4 is 15.7 Å². The number of hydrogen-bond acceptors (Lipinski definition) is 3. The van der Waals surface area contributed by atoms with Crippen molar-refractivity contribution in [3.63, 3.8) is 0 Å². The van der Waals surface area contributed by atoms with Gasteiger partial charge in [-0.2, -0.15) is 13.7 Å². The predicted molar refractivity (Wildman–Crippen MR) is 44.1 cm³/mol. The zero-order chi connectivity index (χ0) is 8.97. The van der Waals surface area contributed by atoms with Gasteiger partial charge in [-0.25, -0.2) is 0 Å². The van der Waals surface area contributed by atoms with Gasteiger partial charge in [0.2, 0.25) is 10.3 Å². The van der Waals surface area contributed by atoms with Crippen molar-refractivity contribution in [1.82, 2.24) is 0 Å². The molecule has 0 saturated carbocycles. The average Bonchev–Trinajstić information content (AvgIpc) is 2.04. The van der Waals surface area contributed by atoms with E-state index in [1.165, 1.54) is 0 Å². The largest absolute Gasteiger partial charge is 0.214 e. The normalized spacial score (nSPS) is 8.58. The van der Waals surface area contributed by atoms with Gasteiger partial charge in [-0.1, -0.05) is 18.2 Å². The summed E-state index contributed by atoms with van der Waals surface area (Å²) in [4.78, 5) is 0. The fourth-order valence-electron chi connectivity index (χ4n) is 0.749. The van der Waals surface area contributed by atoms with Crippen LogP contribution in [0, 0.1) is 17.4 Å². The van der Waals surface area contributed by atoms with Crippen LogP contribution in [-0.4, -0.2) is 13.8 Å². The topological polar surface area (TPSA) is 57.9 Å². The monoisotopic (exact) mass is 178 g/mol. The van der Waals surface area contributed by atoms with E-state index in [1.54, 1.807) is 18.2 Å². The number of hydrogen-bond donors (Lipinski definition) is 0. The Morgan fingerprint density at radius 1 is 1.58 bits per heavy atom. The van der Waals surface area contributed by atoms with E-state index < -0.39 is 10.3 Å². The first kappa shape index (κ1) is 8.50. The number of nitrogens with zero attached hydrogens (tertiary/aromatic N) is 1. The van der Waals surface area contributed by atoms with Crippen molar-refractivity contribution < 1.29 is 8.42 Å². The highest BCUT2D eigenvalue weighted by atomic mass is 32.2. The summed E-state index contributed by atoms with van der Waals surface area (Å²) in [5.41, 5.74) is 0.607. The number of benzene rings is 1. The molecule has 0 unspecified atom stereocenters. The zero-order valence-corrected chi connectivity index (χ0v) is 6.80. The fourth-order valence-corrected chi connectivity index (χ4v) is 1.15. The van der Waals surface area contributed by atoms with Gasteiger partial charge in [0, 0.05) is 11.6 Å². The minimum absolute atomic E-state index is 0.238. The van der Waals surface area contributed by atoms with Crippen LogP contribution >= 0.6 is 0 Å². The molecule has 0 saturated heterocycles. The Labute approximate surface area is 71.4 Å². The van der Waals surface area contributed by atoms with Crippen LogP contribution in [0.4, 0.5) is 0 Å². The Morgan fingerprint density at radius 3 is 2.92 bits per heavy atom. The second kappa shape index (κ2) is 3.69. The maximum atomic E-state index is 10.3. The third-order valence-corrected chi connectivity index (χ3v) is 1.67. The zero-order valence-electron chi connectivity index (χ0n) is 5.98. The van der Waals surface area contributed by atoms with Crippen LogP contribution < -0.4 is 0 Å². The van der Waals surface area contributed by atoms with Crippen LogP contribution in [-0.2, 0) is 10.3 Å². The quantitative estimate of drug-likeness (QED) is 0.584. The smallest absolute Gasteiger partial charge is 0.192 e. The minimum Gasteiger partial charge on any atom is -0.192 e. The molecule has 0 fully saturated rings. The maximum Gasteiger partial charge on any atom is 0.214 e. The van der Waals surface area contributed by atoms with Gasteiger partial charge in [-0.15, -0.1) is 0 Å². The van der Waals surface area contributed by atoms with Crippen molar-refractivity contribution in [3.8, 4) is 6.07 Å². The molecule has 12 heavy (non-hydrogen) atoms. The van der Waals surface area contributed by atoms with Gasteiger partial charge in [-0.3, -0.25) is 0 Å². The summed E-state index contributed by atoms with van der Waals surface area (Å²) in [7, 11) is -2.27. The average molecular weight is 178 g/mol. The van der Waals surface area contributed by atoms with E-state index in [1.807, 2.05) is 6.07 Å². The highest BCUT2D eigenvalue weighted by Gasteiger charge is 1.96. The van der Waals surface area contributed by atoms with Gasteiger partial charge in [0.05, 0.1) is 10.9 Å². The lowest BCUT2D eigenvalue weighted by molar-refractivity contribution is 0.627. The van der Waals surface area contributed by atoms with Gasteiger partial charge in [-0.05, 0) is 0 Å². The van der Waals surface area contributed by atoms with Crippen LogP contribution in [0.25, 0.3) is 0 Å². The molecule has 0 N–H and O–H groups in total. The van der Waals surface area contributed by atoms with E-state index in [0.29, 0.717) is 5.56 Å². The molecule has 4 heteroatoms. The van der Waals surface area contributed by atoms with Gasteiger partial charge in [0.15, 0.2) is 0 Å². The Morgan fingerprint density at radius 2 is 2.33 bits per heavy atom. The molecule has 0 aromatic heterocycles. The summed E-state index contributed by atoms with van der Waals surface area (Å²) in [5, 5.41) is 9.51. The van der Waals surface area contributed by atoms with Gasteiger partial charge >= 0.3 is 0 Å². The third kappa shape index (κ3) is 1.94. The lowest BCUT2D eigenvalue weighted by atomic mass is 10.1. The molecule has 59 valence electrons.